The molecule has 138 valence electrons. The standard InChI is InChI=1S/C22H27NO3/c1-17-7-9-18(10-8-17)15-19-5-2-3-6-20(19)21(25)23-13-4-11-22(26,16-24)12-14-23/h2-3,5-10,24,26H,4,11-16H2,1H3/t22-/m0/s1. The summed E-state index contributed by atoms with van der Waals surface area (Å²) < 4.78 is 0. The van der Waals surface area contributed by atoms with Crippen LogP contribution in [0.25, 0.3) is 0 Å². The van der Waals surface area contributed by atoms with Crippen molar-refractivity contribution >= 4 is 5.91 Å². The van der Waals surface area contributed by atoms with Crippen molar-refractivity contribution < 1.29 is 15.0 Å². The second-order valence-corrected chi connectivity index (χ2v) is 7.35. The third-order valence-corrected chi connectivity index (χ3v) is 5.26. The van der Waals surface area contributed by atoms with Crippen LogP contribution >= 0.6 is 0 Å². The summed E-state index contributed by atoms with van der Waals surface area (Å²) >= 11 is 0. The van der Waals surface area contributed by atoms with Crippen LogP contribution in [0.2, 0.25) is 0 Å². The first kappa shape index (κ1) is 18.6. The van der Waals surface area contributed by atoms with Crippen LogP contribution < -0.4 is 0 Å². The molecule has 2 N–H and O–H groups in total. The van der Waals surface area contributed by atoms with E-state index in [1.165, 1.54) is 11.1 Å². The molecule has 1 heterocycles. The summed E-state index contributed by atoms with van der Waals surface area (Å²) in [7, 11) is 0. The lowest BCUT2D eigenvalue weighted by Gasteiger charge is -2.25. The molecule has 1 saturated heterocycles. The highest BCUT2D eigenvalue weighted by Crippen LogP contribution is 2.24. The fourth-order valence-corrected chi connectivity index (χ4v) is 3.52. The van der Waals surface area contributed by atoms with E-state index in [9.17, 15) is 15.0 Å². The Balaban J connectivity index is 1.78. The second kappa shape index (κ2) is 8.02. The largest absolute Gasteiger partial charge is 0.393 e. The summed E-state index contributed by atoms with van der Waals surface area (Å²) in [6.07, 6.45) is 2.35. The van der Waals surface area contributed by atoms with Gasteiger partial charge in [0.1, 0.15) is 0 Å². The number of aliphatic hydroxyl groups excluding tert-OH is 1. The quantitative estimate of drug-likeness (QED) is 0.888. The van der Waals surface area contributed by atoms with Gasteiger partial charge >= 0.3 is 0 Å². The molecule has 1 atom stereocenters. The summed E-state index contributed by atoms with van der Waals surface area (Å²) in [5, 5.41) is 19.7. The highest BCUT2D eigenvalue weighted by molar-refractivity contribution is 5.95. The fourth-order valence-electron chi connectivity index (χ4n) is 3.52. The van der Waals surface area contributed by atoms with E-state index in [0.717, 1.165) is 17.5 Å². The van der Waals surface area contributed by atoms with Gasteiger partial charge in [0.25, 0.3) is 5.91 Å². The number of amides is 1. The minimum Gasteiger partial charge on any atom is -0.393 e. The van der Waals surface area contributed by atoms with Crippen LogP contribution in [0.15, 0.2) is 48.5 Å². The van der Waals surface area contributed by atoms with Crippen LogP contribution in [0.3, 0.4) is 0 Å². The van der Waals surface area contributed by atoms with E-state index >= 15 is 0 Å². The van der Waals surface area contributed by atoms with E-state index in [1.807, 2.05) is 29.2 Å². The highest BCUT2D eigenvalue weighted by atomic mass is 16.3. The number of nitrogens with zero attached hydrogens (tertiary/aromatic N) is 1. The summed E-state index contributed by atoms with van der Waals surface area (Å²) in [4.78, 5) is 14.9. The predicted octanol–water partition coefficient (Wildman–Crippen LogP) is 2.94. The van der Waals surface area contributed by atoms with Gasteiger partial charge in [-0.15, -0.1) is 0 Å². The highest BCUT2D eigenvalue weighted by Gasteiger charge is 2.31. The first-order valence-corrected chi connectivity index (χ1v) is 9.27. The third kappa shape index (κ3) is 4.32. The Morgan fingerprint density at radius 1 is 1.08 bits per heavy atom. The van der Waals surface area contributed by atoms with Crippen molar-refractivity contribution in [3.8, 4) is 0 Å². The summed E-state index contributed by atoms with van der Waals surface area (Å²) in [6.45, 7) is 2.89. The van der Waals surface area contributed by atoms with Gasteiger partial charge in [-0.25, -0.2) is 0 Å². The molecule has 0 radical (unpaired) electrons. The summed E-state index contributed by atoms with van der Waals surface area (Å²) in [5.41, 5.74) is 3.09. The molecule has 0 aliphatic carbocycles. The molecule has 0 saturated carbocycles. The van der Waals surface area contributed by atoms with E-state index in [1.54, 1.807) is 0 Å². The maximum Gasteiger partial charge on any atom is 0.254 e. The van der Waals surface area contributed by atoms with Gasteiger partial charge in [-0.3, -0.25) is 4.79 Å². The minimum absolute atomic E-state index is 0.00917. The normalized spacial score (nSPS) is 20.7. The average molecular weight is 353 g/mol. The SMILES string of the molecule is Cc1ccc(Cc2ccccc2C(=O)N2CCC[C@@](O)(CO)CC2)cc1. The Morgan fingerprint density at radius 2 is 1.81 bits per heavy atom. The Morgan fingerprint density at radius 3 is 2.54 bits per heavy atom. The Bertz CT molecular complexity index is 756. The molecule has 4 nitrogen and oxygen atoms in total. The van der Waals surface area contributed by atoms with Crippen LogP contribution in [0.4, 0.5) is 0 Å². The van der Waals surface area contributed by atoms with Crippen molar-refractivity contribution in [2.24, 2.45) is 0 Å². The van der Waals surface area contributed by atoms with Gasteiger partial charge in [-0.2, -0.15) is 0 Å². The van der Waals surface area contributed by atoms with Crippen LogP contribution in [0, 0.1) is 6.92 Å². The molecular weight excluding hydrogens is 326 g/mol. The molecule has 1 aliphatic heterocycles. The van der Waals surface area contributed by atoms with E-state index < -0.39 is 5.60 Å². The van der Waals surface area contributed by atoms with Gasteiger partial charge in [-0.1, -0.05) is 48.0 Å². The molecular formula is C22H27NO3. The number of likely N-dealkylation sites (tertiary alicyclic amines) is 1. The zero-order valence-electron chi connectivity index (χ0n) is 15.3. The lowest BCUT2D eigenvalue weighted by Crippen LogP contribution is -2.36. The fraction of sp³-hybridized carbons (Fsp3) is 0.409. The first-order valence-electron chi connectivity index (χ1n) is 9.27. The molecule has 3 rings (SSSR count). The molecule has 1 aliphatic rings. The van der Waals surface area contributed by atoms with E-state index in [-0.39, 0.29) is 12.5 Å². The Kier molecular flexibility index (Phi) is 5.74. The lowest BCUT2D eigenvalue weighted by atomic mass is 9.96. The number of carbonyl (C=O) groups excluding carboxylic acids is 1. The summed E-state index contributed by atoms with van der Waals surface area (Å²) in [5.74, 6) is 0.00917. The van der Waals surface area contributed by atoms with Crippen molar-refractivity contribution in [2.45, 2.75) is 38.2 Å². The van der Waals surface area contributed by atoms with Crippen LogP contribution in [-0.2, 0) is 6.42 Å². The van der Waals surface area contributed by atoms with E-state index in [2.05, 4.69) is 31.2 Å². The third-order valence-electron chi connectivity index (χ3n) is 5.26. The van der Waals surface area contributed by atoms with Gasteiger partial charge < -0.3 is 15.1 Å². The van der Waals surface area contributed by atoms with Crippen molar-refractivity contribution in [2.75, 3.05) is 19.7 Å². The van der Waals surface area contributed by atoms with Gasteiger partial charge in [-0.05, 0) is 49.8 Å². The molecule has 1 fully saturated rings. The number of hydrogen-bond acceptors (Lipinski definition) is 3. The topological polar surface area (TPSA) is 60.8 Å². The molecule has 26 heavy (non-hydrogen) atoms. The van der Waals surface area contributed by atoms with Gasteiger partial charge in [0, 0.05) is 18.7 Å². The van der Waals surface area contributed by atoms with E-state index in [0.29, 0.717) is 32.4 Å². The zero-order chi connectivity index (χ0) is 18.6. The molecule has 0 aromatic heterocycles. The number of carbonyl (C=O) groups is 1. The summed E-state index contributed by atoms with van der Waals surface area (Å²) in [6, 6.07) is 16.1. The maximum absolute atomic E-state index is 13.1. The van der Waals surface area contributed by atoms with Gasteiger partial charge in [0.15, 0.2) is 0 Å². The minimum atomic E-state index is -1.06. The van der Waals surface area contributed by atoms with Gasteiger partial charge in [0.05, 0.1) is 12.2 Å². The van der Waals surface area contributed by atoms with Crippen molar-refractivity contribution in [1.82, 2.24) is 4.90 Å². The molecule has 4 heteroatoms. The number of aliphatic hydroxyl groups is 2. The maximum atomic E-state index is 13.1. The Hall–Kier alpha value is -2.17. The number of aryl methyl sites for hydroxylation is 1. The predicted molar refractivity (Wildman–Crippen MR) is 102 cm³/mol. The van der Waals surface area contributed by atoms with E-state index in [4.69, 9.17) is 0 Å². The Labute approximate surface area is 155 Å². The number of hydrogen-bond donors (Lipinski definition) is 2. The van der Waals surface area contributed by atoms with Crippen LogP contribution in [-0.4, -0.2) is 46.3 Å². The smallest absolute Gasteiger partial charge is 0.254 e. The molecule has 0 unspecified atom stereocenters. The zero-order valence-corrected chi connectivity index (χ0v) is 15.3. The number of rotatable bonds is 4. The monoisotopic (exact) mass is 353 g/mol. The van der Waals surface area contributed by atoms with Gasteiger partial charge in [0.2, 0.25) is 0 Å². The molecule has 2 aromatic carbocycles. The van der Waals surface area contributed by atoms with Crippen LogP contribution in [0.5, 0.6) is 0 Å². The van der Waals surface area contributed by atoms with Crippen LogP contribution in [0.1, 0.15) is 46.3 Å². The second-order valence-electron chi connectivity index (χ2n) is 7.35. The lowest BCUT2D eigenvalue weighted by molar-refractivity contribution is -0.0250. The molecule has 1 amide bonds. The van der Waals surface area contributed by atoms with Crippen molar-refractivity contribution in [3.05, 3.63) is 70.8 Å². The first-order chi connectivity index (χ1) is 12.5. The molecule has 0 spiro atoms. The molecule has 2 aromatic rings. The van der Waals surface area contributed by atoms with Crippen molar-refractivity contribution in [1.29, 1.82) is 0 Å². The average Bonchev–Trinajstić information content (AvgIpc) is 2.86. The molecule has 0 bridgehead atoms. The number of benzene rings is 2. The van der Waals surface area contributed by atoms with Crippen molar-refractivity contribution in [3.63, 3.8) is 0 Å².